The Labute approximate surface area is 168 Å². The highest BCUT2D eigenvalue weighted by molar-refractivity contribution is 7.93. The van der Waals surface area contributed by atoms with Crippen molar-refractivity contribution in [3.05, 3.63) is 99.6 Å². The van der Waals surface area contributed by atoms with Gasteiger partial charge in [-0.05, 0) is 50.2 Å². The molecule has 7 nitrogen and oxygen atoms in total. The van der Waals surface area contributed by atoms with Crippen LogP contribution in [0.5, 0.6) is 0 Å². The van der Waals surface area contributed by atoms with E-state index in [4.69, 9.17) is 0 Å². The van der Waals surface area contributed by atoms with Crippen molar-refractivity contribution in [3.63, 3.8) is 0 Å². The molecule has 3 aromatic rings. The second-order valence-corrected chi connectivity index (χ2v) is 8.27. The van der Waals surface area contributed by atoms with E-state index in [1.807, 2.05) is 6.92 Å². The van der Waals surface area contributed by atoms with E-state index >= 15 is 0 Å². The summed E-state index contributed by atoms with van der Waals surface area (Å²) in [7, 11) is -4.21. The average Bonchev–Trinajstić information content (AvgIpc) is 2.68. The fourth-order valence-electron chi connectivity index (χ4n) is 2.85. The number of carbonyl (C=O) groups excluding carboxylic acids is 1. The van der Waals surface area contributed by atoms with E-state index in [1.165, 1.54) is 49.4 Å². The number of hydrogen-bond acceptors (Lipinski definition) is 5. The van der Waals surface area contributed by atoms with Gasteiger partial charge in [0.15, 0.2) is 0 Å². The topological polar surface area (TPSA) is 97.6 Å². The molecular weight excluding hydrogens is 392 g/mol. The highest BCUT2D eigenvalue weighted by atomic mass is 32.2. The van der Waals surface area contributed by atoms with E-state index in [-0.39, 0.29) is 27.4 Å². The Morgan fingerprint density at radius 3 is 2.10 bits per heavy atom. The van der Waals surface area contributed by atoms with Crippen molar-refractivity contribution < 1.29 is 18.1 Å². The number of rotatable bonds is 5. The first-order valence-corrected chi connectivity index (χ1v) is 10.1. The van der Waals surface area contributed by atoms with Crippen LogP contribution >= 0.6 is 0 Å². The summed E-state index contributed by atoms with van der Waals surface area (Å²) >= 11 is 0. The molecule has 3 aromatic carbocycles. The van der Waals surface area contributed by atoms with Gasteiger partial charge >= 0.3 is 0 Å². The van der Waals surface area contributed by atoms with Crippen LogP contribution < -0.4 is 4.31 Å². The Balaban J connectivity index is 2.14. The number of nitro benzene ring substituents is 1. The fraction of sp³-hybridized carbons (Fsp3) is 0.0952. The summed E-state index contributed by atoms with van der Waals surface area (Å²) in [6.45, 7) is 3.33. The molecular formula is C21H18N2O5S. The van der Waals surface area contributed by atoms with Gasteiger partial charge in [-0.25, -0.2) is 8.42 Å². The van der Waals surface area contributed by atoms with Gasteiger partial charge in [0.25, 0.3) is 21.6 Å². The zero-order valence-electron chi connectivity index (χ0n) is 15.8. The number of anilines is 1. The SMILES string of the molecule is Cc1ccc(S(=O)(=O)N(C(=O)c2ccc([N+](=O)[O-])c(C)c2)c2ccccc2)cc1. The third kappa shape index (κ3) is 4.02. The standard InChI is InChI=1S/C21H18N2O5S/c1-15-8-11-19(12-9-15)29(27,28)22(18-6-4-3-5-7-18)21(24)17-10-13-20(23(25)26)16(2)14-17/h3-14H,1-2H3. The van der Waals surface area contributed by atoms with Crippen LogP contribution in [0.1, 0.15) is 21.5 Å². The second kappa shape index (κ2) is 7.84. The van der Waals surface area contributed by atoms with Crippen molar-refractivity contribution in [1.82, 2.24) is 0 Å². The summed E-state index contributed by atoms with van der Waals surface area (Å²) in [6.07, 6.45) is 0. The molecule has 148 valence electrons. The minimum atomic E-state index is -4.21. The molecule has 8 heteroatoms. The van der Waals surface area contributed by atoms with Gasteiger partial charge in [0.1, 0.15) is 0 Å². The molecule has 0 atom stereocenters. The Bertz CT molecular complexity index is 1170. The Kier molecular flexibility index (Phi) is 5.47. The number of nitrogens with zero attached hydrogens (tertiary/aromatic N) is 2. The van der Waals surface area contributed by atoms with Crippen LogP contribution in [0.15, 0.2) is 77.7 Å². The molecule has 1 amide bonds. The summed E-state index contributed by atoms with van der Waals surface area (Å²) in [6, 6.07) is 17.9. The largest absolute Gasteiger partial charge is 0.272 e. The molecule has 0 N–H and O–H groups in total. The minimum absolute atomic E-state index is 0.0288. The highest BCUT2D eigenvalue weighted by Gasteiger charge is 2.32. The van der Waals surface area contributed by atoms with Gasteiger partial charge in [-0.3, -0.25) is 14.9 Å². The lowest BCUT2D eigenvalue weighted by atomic mass is 10.1. The molecule has 0 spiro atoms. The number of para-hydroxylation sites is 1. The maximum Gasteiger partial charge on any atom is 0.272 e. The zero-order valence-corrected chi connectivity index (χ0v) is 16.6. The van der Waals surface area contributed by atoms with Crippen molar-refractivity contribution in [3.8, 4) is 0 Å². The maximum atomic E-state index is 13.3. The number of sulfonamides is 1. The monoisotopic (exact) mass is 410 g/mol. The van der Waals surface area contributed by atoms with E-state index in [1.54, 1.807) is 30.3 Å². The number of aryl methyl sites for hydroxylation is 2. The van der Waals surface area contributed by atoms with Gasteiger partial charge in [-0.15, -0.1) is 0 Å². The quantitative estimate of drug-likeness (QED) is 0.463. The smallest absolute Gasteiger partial charge is 0.268 e. The van der Waals surface area contributed by atoms with Gasteiger partial charge in [-0.1, -0.05) is 35.9 Å². The molecule has 0 aliphatic carbocycles. The van der Waals surface area contributed by atoms with Crippen LogP contribution in [-0.2, 0) is 10.0 Å². The molecule has 0 aliphatic heterocycles. The van der Waals surface area contributed by atoms with Crippen molar-refractivity contribution in [2.75, 3.05) is 4.31 Å². The van der Waals surface area contributed by atoms with Crippen molar-refractivity contribution in [2.45, 2.75) is 18.7 Å². The van der Waals surface area contributed by atoms with Gasteiger partial charge in [0, 0.05) is 17.2 Å². The molecule has 0 fully saturated rings. The molecule has 0 saturated carbocycles. The van der Waals surface area contributed by atoms with E-state index in [9.17, 15) is 23.3 Å². The number of benzene rings is 3. The summed E-state index contributed by atoms with van der Waals surface area (Å²) in [5.41, 5.74) is 1.21. The lowest BCUT2D eigenvalue weighted by Gasteiger charge is -2.23. The van der Waals surface area contributed by atoms with Gasteiger partial charge < -0.3 is 0 Å². The predicted octanol–water partition coefficient (Wildman–Crippen LogP) is 4.25. The molecule has 0 heterocycles. The Morgan fingerprint density at radius 1 is 0.931 bits per heavy atom. The van der Waals surface area contributed by atoms with Crippen LogP contribution in [0.25, 0.3) is 0 Å². The second-order valence-electron chi connectivity index (χ2n) is 6.48. The lowest BCUT2D eigenvalue weighted by Crippen LogP contribution is -2.37. The first-order chi connectivity index (χ1) is 13.7. The van der Waals surface area contributed by atoms with Crippen molar-refractivity contribution in [1.29, 1.82) is 0 Å². The van der Waals surface area contributed by atoms with Crippen LogP contribution in [0.4, 0.5) is 11.4 Å². The lowest BCUT2D eigenvalue weighted by molar-refractivity contribution is -0.385. The molecule has 0 aliphatic rings. The third-order valence-electron chi connectivity index (χ3n) is 4.37. The first kappa shape index (κ1) is 20.2. The molecule has 29 heavy (non-hydrogen) atoms. The molecule has 0 bridgehead atoms. The third-order valence-corrected chi connectivity index (χ3v) is 6.10. The van der Waals surface area contributed by atoms with E-state index in [2.05, 4.69) is 0 Å². The summed E-state index contributed by atoms with van der Waals surface area (Å²) < 4.78 is 27.4. The minimum Gasteiger partial charge on any atom is -0.268 e. The van der Waals surface area contributed by atoms with E-state index < -0.39 is 20.9 Å². The van der Waals surface area contributed by atoms with Gasteiger partial charge in [0.05, 0.1) is 15.5 Å². The average molecular weight is 410 g/mol. The van der Waals surface area contributed by atoms with Crippen molar-refractivity contribution >= 4 is 27.3 Å². The van der Waals surface area contributed by atoms with Crippen LogP contribution in [0, 0.1) is 24.0 Å². The van der Waals surface area contributed by atoms with Crippen LogP contribution in [0.3, 0.4) is 0 Å². The number of carbonyl (C=O) groups is 1. The normalized spacial score (nSPS) is 11.1. The molecule has 0 unspecified atom stereocenters. The van der Waals surface area contributed by atoms with Crippen molar-refractivity contribution in [2.24, 2.45) is 0 Å². The Morgan fingerprint density at radius 2 is 1.55 bits per heavy atom. The first-order valence-electron chi connectivity index (χ1n) is 8.68. The number of hydrogen-bond donors (Lipinski definition) is 0. The highest BCUT2D eigenvalue weighted by Crippen LogP contribution is 2.27. The van der Waals surface area contributed by atoms with E-state index in [0.29, 0.717) is 0 Å². The summed E-state index contributed by atoms with van der Waals surface area (Å²) in [5, 5.41) is 11.0. The van der Waals surface area contributed by atoms with Gasteiger partial charge in [0.2, 0.25) is 0 Å². The number of nitro groups is 1. The van der Waals surface area contributed by atoms with Gasteiger partial charge in [-0.2, -0.15) is 4.31 Å². The van der Waals surface area contributed by atoms with Crippen LogP contribution in [0.2, 0.25) is 0 Å². The zero-order chi connectivity index (χ0) is 21.2. The maximum absolute atomic E-state index is 13.3. The molecule has 0 aromatic heterocycles. The summed E-state index contributed by atoms with van der Waals surface area (Å²) in [4.78, 5) is 23.7. The van der Waals surface area contributed by atoms with Crippen LogP contribution in [-0.4, -0.2) is 19.2 Å². The molecule has 3 rings (SSSR count). The van der Waals surface area contributed by atoms with E-state index in [0.717, 1.165) is 9.87 Å². The molecule has 0 saturated heterocycles. The predicted molar refractivity (Wildman–Crippen MR) is 109 cm³/mol. The fourth-order valence-corrected chi connectivity index (χ4v) is 4.27. The summed E-state index contributed by atoms with van der Waals surface area (Å²) in [5.74, 6) is -0.797. The molecule has 0 radical (unpaired) electrons. The Hall–Kier alpha value is -3.52. The number of amides is 1.